The maximum absolute atomic E-state index is 9.10. The van der Waals surface area contributed by atoms with E-state index in [4.69, 9.17) is 51.0 Å². The zero-order chi connectivity index (χ0) is 17.2. The van der Waals surface area contributed by atoms with E-state index in [1.54, 1.807) is 0 Å². The zero-order valence-corrected chi connectivity index (χ0v) is 12.2. The molecule has 2 saturated heterocycles. The molecule has 130 valence electrons. The van der Waals surface area contributed by atoms with Gasteiger partial charge in [-0.15, -0.1) is 0 Å². The lowest BCUT2D eigenvalue weighted by Gasteiger charge is -2.38. The number of carboxylic acids is 2. The third-order valence-electron chi connectivity index (χ3n) is 3.35. The topological polar surface area (TPSA) is 186 Å². The Morgan fingerprint density at radius 1 is 0.818 bits per heavy atom. The average molecular weight is 324 g/mol. The summed E-state index contributed by atoms with van der Waals surface area (Å²) in [6.07, 6.45) is 0. The number of hydrogen-bond acceptors (Lipinski definition) is 8. The quantitative estimate of drug-likeness (QED) is 0.292. The number of rotatable bonds is 4. The van der Waals surface area contributed by atoms with Gasteiger partial charge >= 0.3 is 11.9 Å². The van der Waals surface area contributed by atoms with E-state index in [-0.39, 0.29) is 24.0 Å². The Labute approximate surface area is 127 Å². The Morgan fingerprint density at radius 2 is 1.09 bits per heavy atom. The van der Waals surface area contributed by atoms with Crippen molar-refractivity contribution >= 4 is 11.9 Å². The van der Waals surface area contributed by atoms with Crippen molar-refractivity contribution in [3.05, 3.63) is 0 Å². The molecule has 0 spiro atoms. The minimum Gasteiger partial charge on any atom is -0.473 e. The van der Waals surface area contributed by atoms with Crippen LogP contribution in [0.1, 0.15) is 0 Å². The van der Waals surface area contributed by atoms with E-state index in [0.29, 0.717) is 39.5 Å². The SMILES string of the molecule is NCC1(CO)COC1.NCC1(CO)COC1.O=C(O)C(=O)O. The third-order valence-corrected chi connectivity index (χ3v) is 3.35. The average Bonchev–Trinajstić information content (AvgIpc) is 2.40. The summed E-state index contributed by atoms with van der Waals surface area (Å²) in [5.74, 6) is -3.65. The maximum atomic E-state index is 9.10. The van der Waals surface area contributed by atoms with Crippen LogP contribution in [0.15, 0.2) is 0 Å². The van der Waals surface area contributed by atoms with Gasteiger partial charge in [-0.1, -0.05) is 0 Å². The molecule has 0 amide bonds. The number of carboxylic acid groups (broad SMARTS) is 2. The summed E-state index contributed by atoms with van der Waals surface area (Å²) in [7, 11) is 0. The highest BCUT2D eigenvalue weighted by Gasteiger charge is 2.36. The summed E-state index contributed by atoms with van der Waals surface area (Å²) in [6, 6.07) is 0. The molecule has 10 heteroatoms. The van der Waals surface area contributed by atoms with E-state index in [0.717, 1.165) is 0 Å². The summed E-state index contributed by atoms with van der Waals surface area (Å²) in [5.41, 5.74) is 10.5. The highest BCUT2D eigenvalue weighted by atomic mass is 16.5. The van der Waals surface area contributed by atoms with Crippen LogP contribution in [0.25, 0.3) is 0 Å². The number of aliphatic hydroxyl groups excluding tert-OH is 2. The molecule has 2 fully saturated rings. The molecule has 22 heavy (non-hydrogen) atoms. The van der Waals surface area contributed by atoms with Crippen LogP contribution in [0.2, 0.25) is 0 Å². The highest BCUT2D eigenvalue weighted by molar-refractivity contribution is 6.27. The largest absolute Gasteiger partial charge is 0.473 e. The van der Waals surface area contributed by atoms with E-state index < -0.39 is 11.9 Å². The van der Waals surface area contributed by atoms with E-state index in [2.05, 4.69) is 0 Å². The number of carbonyl (C=O) groups is 2. The number of ether oxygens (including phenoxy) is 2. The van der Waals surface area contributed by atoms with Crippen molar-refractivity contribution in [3.8, 4) is 0 Å². The number of aliphatic hydroxyl groups is 2. The fourth-order valence-corrected chi connectivity index (χ4v) is 1.33. The van der Waals surface area contributed by atoms with Crippen LogP contribution in [0, 0.1) is 10.8 Å². The Balaban J connectivity index is 0.000000306. The van der Waals surface area contributed by atoms with Crippen molar-refractivity contribution in [3.63, 3.8) is 0 Å². The van der Waals surface area contributed by atoms with E-state index >= 15 is 0 Å². The minimum atomic E-state index is -1.82. The first-order valence-corrected chi connectivity index (χ1v) is 6.54. The fourth-order valence-electron chi connectivity index (χ4n) is 1.33. The molecule has 0 radical (unpaired) electrons. The third kappa shape index (κ3) is 6.22. The monoisotopic (exact) mass is 324 g/mol. The van der Waals surface area contributed by atoms with E-state index in [1.807, 2.05) is 0 Å². The lowest BCUT2D eigenvalue weighted by atomic mass is 9.87. The molecule has 0 unspecified atom stereocenters. The molecule has 2 rings (SSSR count). The Bertz CT molecular complexity index is 294. The van der Waals surface area contributed by atoms with Gasteiger partial charge in [0.15, 0.2) is 0 Å². The summed E-state index contributed by atoms with van der Waals surface area (Å²) in [5, 5.41) is 32.1. The van der Waals surface area contributed by atoms with Gasteiger partial charge < -0.3 is 41.4 Å². The molecule has 8 N–H and O–H groups in total. The molecular formula is C12H24N2O8. The van der Waals surface area contributed by atoms with Crippen LogP contribution >= 0.6 is 0 Å². The second-order valence-electron chi connectivity index (χ2n) is 5.32. The first kappa shape index (κ1) is 20.7. The lowest BCUT2D eigenvalue weighted by Crippen LogP contribution is -2.50. The molecule has 10 nitrogen and oxygen atoms in total. The second kappa shape index (κ2) is 9.66. The van der Waals surface area contributed by atoms with Crippen LogP contribution in [0.3, 0.4) is 0 Å². The van der Waals surface area contributed by atoms with Gasteiger partial charge in [0.1, 0.15) is 0 Å². The molecule has 2 aliphatic rings. The molecule has 0 saturated carbocycles. The summed E-state index contributed by atoms with van der Waals surface area (Å²) in [4.78, 5) is 18.2. The fraction of sp³-hybridized carbons (Fsp3) is 0.833. The van der Waals surface area contributed by atoms with E-state index in [1.165, 1.54) is 0 Å². The standard InChI is InChI=1S/2C5H11NO2.C2H2O4/c2*6-1-5(2-7)3-8-4-5;3-1(4)2(5)6/h2*7H,1-4,6H2;(H,3,4)(H,5,6). The van der Waals surface area contributed by atoms with Gasteiger partial charge in [0.25, 0.3) is 0 Å². The van der Waals surface area contributed by atoms with Gasteiger partial charge in [-0.2, -0.15) is 0 Å². The van der Waals surface area contributed by atoms with Gasteiger partial charge in [0, 0.05) is 13.1 Å². The normalized spacial score (nSPS) is 20.0. The summed E-state index contributed by atoms with van der Waals surface area (Å²) < 4.78 is 9.76. The van der Waals surface area contributed by atoms with Gasteiger partial charge in [-0.05, 0) is 0 Å². The van der Waals surface area contributed by atoms with Gasteiger partial charge in [0.2, 0.25) is 0 Å². The van der Waals surface area contributed by atoms with E-state index in [9.17, 15) is 0 Å². The molecule has 0 aromatic rings. The minimum absolute atomic E-state index is 0.0833. The van der Waals surface area contributed by atoms with Gasteiger partial charge in [-0.3, -0.25) is 0 Å². The number of hydrogen-bond donors (Lipinski definition) is 6. The van der Waals surface area contributed by atoms with Crippen molar-refractivity contribution in [2.24, 2.45) is 22.3 Å². The first-order chi connectivity index (χ1) is 10.3. The molecule has 0 atom stereocenters. The van der Waals surface area contributed by atoms with Crippen molar-refractivity contribution in [1.29, 1.82) is 0 Å². The molecule has 0 bridgehead atoms. The number of aliphatic carboxylic acids is 2. The Kier molecular flexibility index (Phi) is 9.09. The van der Waals surface area contributed by atoms with Crippen LogP contribution < -0.4 is 11.5 Å². The zero-order valence-electron chi connectivity index (χ0n) is 12.2. The summed E-state index contributed by atoms with van der Waals surface area (Å²) >= 11 is 0. The van der Waals surface area contributed by atoms with Gasteiger partial charge in [-0.25, -0.2) is 9.59 Å². The molecule has 2 heterocycles. The predicted molar refractivity (Wildman–Crippen MR) is 74.1 cm³/mol. The number of nitrogens with two attached hydrogens (primary N) is 2. The first-order valence-electron chi connectivity index (χ1n) is 6.54. The van der Waals surface area contributed by atoms with Crippen LogP contribution in [0.4, 0.5) is 0 Å². The van der Waals surface area contributed by atoms with Crippen molar-refractivity contribution in [2.45, 2.75) is 0 Å². The van der Waals surface area contributed by atoms with Crippen LogP contribution in [-0.2, 0) is 19.1 Å². The Morgan fingerprint density at radius 3 is 1.09 bits per heavy atom. The van der Waals surface area contributed by atoms with Gasteiger partial charge in [0.05, 0.1) is 50.5 Å². The Hall–Kier alpha value is -1.30. The van der Waals surface area contributed by atoms with Crippen LogP contribution in [-0.4, -0.2) is 85.1 Å². The molecule has 0 aromatic heterocycles. The second-order valence-corrected chi connectivity index (χ2v) is 5.32. The molecule has 2 aliphatic heterocycles. The van der Waals surface area contributed by atoms with Crippen molar-refractivity contribution in [1.82, 2.24) is 0 Å². The molecular weight excluding hydrogens is 300 g/mol. The smallest absolute Gasteiger partial charge is 0.414 e. The summed E-state index contributed by atoms with van der Waals surface area (Å²) in [6.45, 7) is 3.88. The van der Waals surface area contributed by atoms with Crippen LogP contribution in [0.5, 0.6) is 0 Å². The van der Waals surface area contributed by atoms with Crippen molar-refractivity contribution in [2.75, 3.05) is 52.7 Å². The lowest BCUT2D eigenvalue weighted by molar-refractivity contribution is -0.159. The predicted octanol–water partition coefficient (Wildman–Crippen LogP) is -2.94. The molecule has 0 aromatic carbocycles. The van der Waals surface area contributed by atoms with Crippen molar-refractivity contribution < 1.29 is 39.5 Å². The molecule has 0 aliphatic carbocycles. The maximum Gasteiger partial charge on any atom is 0.414 e. The highest BCUT2D eigenvalue weighted by Crippen LogP contribution is 2.24.